The van der Waals surface area contributed by atoms with Gasteiger partial charge in [0.15, 0.2) is 19.0 Å². The molecule has 17 heteroatoms. The van der Waals surface area contributed by atoms with Crippen LogP contribution in [0.4, 0.5) is 49.6 Å². The van der Waals surface area contributed by atoms with Crippen LogP contribution in [0.15, 0.2) is 23.1 Å². The second-order valence-corrected chi connectivity index (χ2v) is 6.33. The van der Waals surface area contributed by atoms with Crippen LogP contribution in [-0.4, -0.2) is 47.6 Å². The molecule has 0 aromatic heterocycles. The third-order valence-electron chi connectivity index (χ3n) is 2.84. The van der Waals surface area contributed by atoms with E-state index in [9.17, 15) is 58.8 Å². The van der Waals surface area contributed by atoms with Gasteiger partial charge in [0.1, 0.15) is 0 Å². The molecular weight excluding hydrogens is 472 g/mol. The Balaban J connectivity index is 2.99. The van der Waals surface area contributed by atoms with Gasteiger partial charge in [0.05, 0.1) is 4.92 Å². The Kier molecular flexibility index (Phi) is 7.44. The molecule has 0 atom stereocenters. The van der Waals surface area contributed by atoms with Gasteiger partial charge >= 0.3 is 35.2 Å². The van der Waals surface area contributed by atoms with Crippen molar-refractivity contribution in [3.8, 4) is 5.75 Å². The molecule has 30 heavy (non-hydrogen) atoms. The van der Waals surface area contributed by atoms with Crippen LogP contribution in [0.25, 0.3) is 0 Å². The predicted molar refractivity (Wildman–Crippen MR) is 77.4 cm³/mol. The summed E-state index contributed by atoms with van der Waals surface area (Å²) in [5, 5.41) is 5.19. The first kappa shape index (κ1) is 25.6. The number of alkyl halides is 10. The average molecular weight is 479 g/mol. The molecule has 0 bridgehead atoms. The molecule has 0 saturated carbocycles. The Bertz CT molecular complexity index is 795. The summed E-state index contributed by atoms with van der Waals surface area (Å²) >= 11 is -1.32. The highest BCUT2D eigenvalue weighted by molar-refractivity contribution is 8.00. The van der Waals surface area contributed by atoms with E-state index in [0.29, 0.717) is 12.1 Å². The summed E-state index contributed by atoms with van der Waals surface area (Å²) in [6.07, 6.45) is -11.5. The second-order valence-electron chi connectivity index (χ2n) is 5.14. The highest BCUT2D eigenvalue weighted by Crippen LogP contribution is 2.54. The van der Waals surface area contributed by atoms with Gasteiger partial charge in [-0.25, -0.2) is 4.79 Å². The van der Waals surface area contributed by atoms with Crippen LogP contribution in [-0.2, 0) is 9.53 Å². The van der Waals surface area contributed by atoms with Gasteiger partial charge in [0.25, 0.3) is 0 Å². The lowest BCUT2D eigenvalue weighted by molar-refractivity contribution is -0.386. The monoisotopic (exact) mass is 479 g/mol. The van der Waals surface area contributed by atoms with Gasteiger partial charge in [-0.2, -0.15) is 43.9 Å². The van der Waals surface area contributed by atoms with Crippen LogP contribution >= 0.6 is 11.8 Å². The van der Waals surface area contributed by atoms with E-state index < -0.39 is 75.7 Å². The lowest BCUT2D eigenvalue weighted by Gasteiger charge is -2.27. The van der Waals surface area contributed by atoms with Crippen molar-refractivity contribution >= 4 is 23.4 Å². The summed E-state index contributed by atoms with van der Waals surface area (Å²) < 4.78 is 133. The van der Waals surface area contributed by atoms with Gasteiger partial charge in [-0.3, -0.25) is 10.1 Å². The maximum Gasteiger partial charge on any atom is 0.460 e. The number of rotatable bonds is 8. The number of benzene rings is 1. The second kappa shape index (κ2) is 8.73. The zero-order valence-electron chi connectivity index (χ0n) is 13.8. The van der Waals surface area contributed by atoms with Crippen molar-refractivity contribution in [2.75, 3.05) is 13.2 Å². The van der Waals surface area contributed by atoms with Gasteiger partial charge in [-0.05, 0) is 23.9 Å². The molecule has 0 fully saturated rings. The largest absolute Gasteiger partial charge is 0.475 e. The smallest absolute Gasteiger partial charge is 0.460 e. The first-order chi connectivity index (χ1) is 13.4. The maximum atomic E-state index is 13.4. The maximum absolute atomic E-state index is 13.4. The fourth-order valence-electron chi connectivity index (χ4n) is 1.54. The molecule has 0 heterocycles. The summed E-state index contributed by atoms with van der Waals surface area (Å²) in [5.74, 6) is -8.97. The van der Waals surface area contributed by atoms with E-state index >= 15 is 0 Å². The Morgan fingerprint density at radius 3 is 2.07 bits per heavy atom. The number of hydrogen-bond acceptors (Lipinski definition) is 6. The van der Waals surface area contributed by atoms with Crippen molar-refractivity contribution in [2.24, 2.45) is 0 Å². The SMILES string of the molecule is O=C(COc1ccc(SC(F)(F)C(F)(F)C(F)(F)F)cc1[N+](=O)[O-])OCC(F)(F)F. The number of thioether (sulfide) groups is 1. The lowest BCUT2D eigenvalue weighted by Crippen LogP contribution is -2.49. The molecule has 0 spiro atoms. The van der Waals surface area contributed by atoms with Crippen molar-refractivity contribution in [3.05, 3.63) is 28.3 Å². The minimum Gasteiger partial charge on any atom is -0.475 e. The van der Waals surface area contributed by atoms with Gasteiger partial charge in [-0.1, -0.05) is 0 Å². The van der Waals surface area contributed by atoms with Crippen LogP contribution in [0, 0.1) is 10.1 Å². The number of halogens is 10. The molecule has 1 aromatic carbocycles. The molecule has 0 aliphatic carbocycles. The number of ether oxygens (including phenoxy) is 2. The summed E-state index contributed by atoms with van der Waals surface area (Å²) in [6, 6.07) is 1.06. The van der Waals surface area contributed by atoms with Crippen LogP contribution < -0.4 is 4.74 Å². The summed E-state index contributed by atoms with van der Waals surface area (Å²) in [7, 11) is 0. The molecule has 6 nitrogen and oxygen atoms in total. The minimum atomic E-state index is -6.62. The fourth-order valence-corrected chi connectivity index (χ4v) is 2.39. The van der Waals surface area contributed by atoms with Crippen molar-refractivity contribution < 1.29 is 63.1 Å². The number of nitrogens with zero attached hydrogens (tertiary/aromatic N) is 1. The molecule has 0 radical (unpaired) electrons. The summed E-state index contributed by atoms with van der Waals surface area (Å²) in [4.78, 5) is 19.6. The standard InChI is InChI=1S/C13H7F10NO5S/c14-10(15,16)5-29-9(25)4-28-8-2-1-6(3-7(8)24(26)27)30-13(22,23)11(17,18)12(19,20)21/h1-3H,4-5H2. The average Bonchev–Trinajstić information content (AvgIpc) is 2.56. The van der Waals surface area contributed by atoms with E-state index in [1.54, 1.807) is 0 Å². The van der Waals surface area contributed by atoms with Crippen molar-refractivity contribution in [3.63, 3.8) is 0 Å². The van der Waals surface area contributed by atoms with E-state index in [0.717, 1.165) is 0 Å². The van der Waals surface area contributed by atoms with E-state index in [1.807, 2.05) is 0 Å². The first-order valence-corrected chi connectivity index (χ1v) is 7.84. The summed E-state index contributed by atoms with van der Waals surface area (Å²) in [6.45, 7) is -3.28. The van der Waals surface area contributed by atoms with E-state index in [4.69, 9.17) is 0 Å². The summed E-state index contributed by atoms with van der Waals surface area (Å²) in [5.41, 5.74) is -1.24. The van der Waals surface area contributed by atoms with Crippen LogP contribution in [0.2, 0.25) is 0 Å². The van der Waals surface area contributed by atoms with Crippen molar-refractivity contribution in [1.29, 1.82) is 0 Å². The molecule has 0 unspecified atom stereocenters. The molecule has 0 aliphatic heterocycles. The molecule has 0 aliphatic rings. The number of nitro groups is 1. The van der Waals surface area contributed by atoms with E-state index in [1.165, 1.54) is 0 Å². The van der Waals surface area contributed by atoms with Gasteiger partial charge in [0, 0.05) is 11.0 Å². The highest BCUT2D eigenvalue weighted by Gasteiger charge is 2.73. The number of hydrogen-bond donors (Lipinski definition) is 0. The van der Waals surface area contributed by atoms with Gasteiger partial charge < -0.3 is 9.47 Å². The normalized spacial score (nSPS) is 13.1. The van der Waals surface area contributed by atoms with Gasteiger partial charge in [-0.15, -0.1) is 0 Å². The molecule has 170 valence electrons. The third-order valence-corrected chi connectivity index (χ3v) is 3.84. The van der Waals surface area contributed by atoms with Crippen LogP contribution in [0.5, 0.6) is 5.75 Å². The third kappa shape index (κ3) is 6.53. The zero-order valence-corrected chi connectivity index (χ0v) is 14.6. The number of esters is 1. The van der Waals surface area contributed by atoms with E-state index in [2.05, 4.69) is 9.47 Å². The quantitative estimate of drug-likeness (QED) is 0.173. The number of carbonyl (C=O) groups excluding carboxylic acids is 1. The van der Waals surface area contributed by atoms with E-state index in [-0.39, 0.29) is 6.07 Å². The topological polar surface area (TPSA) is 78.7 Å². The van der Waals surface area contributed by atoms with Gasteiger partial charge in [0.2, 0.25) is 0 Å². The molecular formula is C13H7F10NO5S. The Morgan fingerprint density at radius 1 is 1.03 bits per heavy atom. The Labute approximate surface area is 163 Å². The fraction of sp³-hybridized carbons (Fsp3) is 0.462. The lowest BCUT2D eigenvalue weighted by atomic mass is 10.3. The van der Waals surface area contributed by atoms with Crippen LogP contribution in [0.1, 0.15) is 0 Å². The zero-order chi connectivity index (χ0) is 23.5. The Hall–Kier alpha value is -2.46. The molecule has 0 N–H and O–H groups in total. The highest BCUT2D eigenvalue weighted by atomic mass is 32.2. The Morgan fingerprint density at radius 2 is 1.60 bits per heavy atom. The van der Waals surface area contributed by atoms with Crippen LogP contribution in [0.3, 0.4) is 0 Å². The first-order valence-electron chi connectivity index (χ1n) is 7.02. The minimum absolute atomic E-state index is 0.154. The molecule has 1 aromatic rings. The van der Waals surface area contributed by atoms with Crippen molar-refractivity contribution in [2.45, 2.75) is 28.4 Å². The molecule has 0 saturated heterocycles. The number of carbonyl (C=O) groups is 1. The predicted octanol–water partition coefficient (Wildman–Crippen LogP) is 4.96. The molecule has 1 rings (SSSR count). The molecule has 0 amide bonds. The van der Waals surface area contributed by atoms with Crippen molar-refractivity contribution in [1.82, 2.24) is 0 Å². The number of nitro benzene ring substituents is 1.